The first-order valence-corrected chi connectivity index (χ1v) is 32.3. The number of carbonyl (C=O) groups is 11. The van der Waals surface area contributed by atoms with Crippen molar-refractivity contribution in [3.05, 3.63) is 93.5 Å². The van der Waals surface area contributed by atoms with Gasteiger partial charge >= 0.3 is 5.97 Å². The van der Waals surface area contributed by atoms with Crippen LogP contribution in [-0.2, 0) is 75.1 Å². The lowest BCUT2D eigenvalue weighted by Crippen LogP contribution is -2.50. The molecule has 5 N–H and O–H groups in total. The zero-order valence-electron chi connectivity index (χ0n) is 55.0. The Labute approximate surface area is 539 Å². The number of imide groups is 1. The number of aryl methyl sites for hydroxylation is 1. The molecule has 23 nitrogen and oxygen atoms in total. The van der Waals surface area contributed by atoms with E-state index in [0.717, 1.165) is 39.5 Å². The van der Waals surface area contributed by atoms with Gasteiger partial charge in [0.15, 0.2) is 11.9 Å². The SMILES string of the molecule is CCC(C)[C@H](CC(=O)C(C)(C)N(C)C)C(=O)N(Cc1ccc(NC(=O)C(C)NC(=O)C(CCCNC(=O)CCOCCO)CC(=O)CCCN2C(=O)C=CC2=O)cc1)[C@H](C[C@@H](OC(C)=O)c1nc(C(=O)N[C@@H](Cc2ccc(C)cc2)CC(C)OC=O)cs1)C(C)C. The van der Waals surface area contributed by atoms with Crippen LogP contribution in [0.1, 0.15) is 165 Å². The second-order valence-corrected chi connectivity index (χ2v) is 25.5. The number of esters is 1. The largest absolute Gasteiger partial charge is 0.465 e. The van der Waals surface area contributed by atoms with Gasteiger partial charge in [0.25, 0.3) is 24.2 Å². The van der Waals surface area contributed by atoms with E-state index < -0.39 is 83.2 Å². The van der Waals surface area contributed by atoms with Crippen LogP contribution in [0, 0.1) is 30.6 Å². The highest BCUT2D eigenvalue weighted by molar-refractivity contribution is 7.09. The van der Waals surface area contributed by atoms with Crippen LogP contribution in [0.5, 0.6) is 0 Å². The topological polar surface area (TPSA) is 306 Å². The third kappa shape index (κ3) is 24.9. The molecule has 2 aromatic carbocycles. The van der Waals surface area contributed by atoms with E-state index in [1.807, 2.05) is 91.7 Å². The molecule has 2 heterocycles. The van der Waals surface area contributed by atoms with Crippen LogP contribution in [0.2, 0.25) is 0 Å². The van der Waals surface area contributed by atoms with E-state index in [0.29, 0.717) is 48.4 Å². The predicted octanol–water partition coefficient (Wildman–Crippen LogP) is 6.77. The predicted molar refractivity (Wildman–Crippen MR) is 344 cm³/mol. The maximum atomic E-state index is 15.6. The highest BCUT2D eigenvalue weighted by Gasteiger charge is 2.41. The molecule has 0 spiro atoms. The molecule has 91 heavy (non-hydrogen) atoms. The summed E-state index contributed by atoms with van der Waals surface area (Å²) in [5.41, 5.74) is 2.24. The van der Waals surface area contributed by atoms with Gasteiger partial charge in [-0.3, -0.25) is 62.5 Å². The number of aromatic nitrogens is 1. The molecule has 1 aliphatic heterocycles. The number of anilines is 1. The van der Waals surface area contributed by atoms with Gasteiger partial charge in [-0.05, 0) is 109 Å². The third-order valence-corrected chi connectivity index (χ3v) is 17.5. The molecule has 0 bridgehead atoms. The molecule has 4 rings (SSSR count). The maximum Gasteiger partial charge on any atom is 0.303 e. The summed E-state index contributed by atoms with van der Waals surface area (Å²) in [4.78, 5) is 155. The number of Topliss-reactive ketones (excluding diaryl/α,β-unsaturated/α-hetero) is 2. The molecule has 3 aromatic rings. The Morgan fingerprint density at radius 1 is 0.835 bits per heavy atom. The molecule has 1 aliphatic rings. The molecule has 8 atom stereocenters. The number of aliphatic hydroxyl groups excluding tert-OH is 1. The van der Waals surface area contributed by atoms with Gasteiger partial charge in [-0.1, -0.05) is 76.1 Å². The minimum Gasteiger partial charge on any atom is -0.465 e. The highest BCUT2D eigenvalue weighted by Crippen LogP contribution is 2.35. The van der Waals surface area contributed by atoms with Crippen molar-refractivity contribution in [3.63, 3.8) is 0 Å². The number of rotatable bonds is 42. The minimum absolute atomic E-state index is 0.0155. The normalized spacial score (nSPS) is 15.0. The molecule has 1 aromatic heterocycles. The van der Waals surface area contributed by atoms with Crippen molar-refractivity contribution < 1.29 is 72.1 Å². The van der Waals surface area contributed by atoms with Crippen molar-refractivity contribution in [1.29, 1.82) is 0 Å². The van der Waals surface area contributed by atoms with E-state index in [1.54, 1.807) is 41.5 Å². The molecular formula is C67H96N8O15S. The minimum atomic E-state index is -1.09. The number of carbonyl (C=O) groups excluding carboxylic acids is 11. The highest BCUT2D eigenvalue weighted by atomic mass is 32.1. The number of hydrogen-bond donors (Lipinski definition) is 5. The summed E-state index contributed by atoms with van der Waals surface area (Å²) in [5, 5.41) is 22.2. The Bertz CT molecular complexity index is 2950. The number of thiazole rings is 1. The molecule has 7 amide bonds. The van der Waals surface area contributed by atoms with Gasteiger partial charge in [0.1, 0.15) is 28.6 Å². The van der Waals surface area contributed by atoms with Crippen LogP contribution in [0.4, 0.5) is 5.69 Å². The number of ether oxygens (including phenoxy) is 3. The first kappa shape index (κ1) is 75.9. The fraction of sp³-hybridized carbons (Fsp3) is 0.582. The van der Waals surface area contributed by atoms with Crippen molar-refractivity contribution in [2.75, 3.05) is 52.3 Å². The fourth-order valence-electron chi connectivity index (χ4n) is 10.3. The molecule has 0 saturated carbocycles. The number of likely N-dealkylation sites (N-methyl/N-ethyl adjacent to an activating group) is 1. The van der Waals surface area contributed by atoms with Crippen molar-refractivity contribution >= 4 is 82.4 Å². The average Bonchev–Trinajstić information content (AvgIpc) is 2.04. The van der Waals surface area contributed by atoms with Gasteiger partial charge in [0.05, 0.1) is 25.4 Å². The molecule has 0 fully saturated rings. The van der Waals surface area contributed by atoms with Crippen LogP contribution in [0.15, 0.2) is 66.1 Å². The molecule has 0 aliphatic carbocycles. The Balaban J connectivity index is 1.60. The Morgan fingerprint density at radius 2 is 1.49 bits per heavy atom. The first-order valence-electron chi connectivity index (χ1n) is 31.4. The summed E-state index contributed by atoms with van der Waals surface area (Å²) in [6.07, 6.45) is 2.69. The van der Waals surface area contributed by atoms with Crippen LogP contribution >= 0.6 is 11.3 Å². The fourth-order valence-corrected chi connectivity index (χ4v) is 11.2. The maximum absolute atomic E-state index is 15.6. The first-order chi connectivity index (χ1) is 43.1. The lowest BCUT2D eigenvalue weighted by Gasteiger charge is -2.40. The number of nitrogens with one attached hydrogen (secondary N) is 4. The second-order valence-electron chi connectivity index (χ2n) is 24.6. The molecule has 500 valence electrons. The lowest BCUT2D eigenvalue weighted by molar-refractivity contribution is -0.151. The summed E-state index contributed by atoms with van der Waals surface area (Å²) in [5.74, 6) is -6.34. The van der Waals surface area contributed by atoms with Gasteiger partial charge in [-0.15, -0.1) is 11.3 Å². The van der Waals surface area contributed by atoms with Crippen LogP contribution in [0.3, 0.4) is 0 Å². The number of aliphatic hydroxyl groups is 1. The van der Waals surface area contributed by atoms with Gasteiger partial charge in [-0.2, -0.15) is 0 Å². The molecule has 0 radical (unpaired) electrons. The summed E-state index contributed by atoms with van der Waals surface area (Å²) in [7, 11) is 3.62. The van der Waals surface area contributed by atoms with Crippen molar-refractivity contribution in [2.45, 2.75) is 182 Å². The molecule has 4 unspecified atom stereocenters. The van der Waals surface area contributed by atoms with E-state index in [2.05, 4.69) is 21.3 Å². The smallest absolute Gasteiger partial charge is 0.303 e. The van der Waals surface area contributed by atoms with Gasteiger partial charge < -0.3 is 45.5 Å². The summed E-state index contributed by atoms with van der Waals surface area (Å²) in [6, 6.07) is 12.5. The van der Waals surface area contributed by atoms with E-state index in [4.69, 9.17) is 24.3 Å². The lowest BCUT2D eigenvalue weighted by atomic mass is 9.81. The summed E-state index contributed by atoms with van der Waals surface area (Å²) >= 11 is 1.13. The zero-order chi connectivity index (χ0) is 67.5. The zero-order valence-corrected chi connectivity index (χ0v) is 55.8. The summed E-state index contributed by atoms with van der Waals surface area (Å²) < 4.78 is 16.4. The van der Waals surface area contributed by atoms with Gasteiger partial charge in [-0.25, -0.2) is 4.98 Å². The molecule has 24 heteroatoms. The number of hydrogen-bond acceptors (Lipinski definition) is 18. The number of ketones is 2. The van der Waals surface area contributed by atoms with Crippen molar-refractivity contribution in [2.24, 2.45) is 23.7 Å². The van der Waals surface area contributed by atoms with Gasteiger partial charge in [0, 0.05) is 112 Å². The van der Waals surface area contributed by atoms with E-state index in [-0.39, 0.29) is 125 Å². The van der Waals surface area contributed by atoms with E-state index >= 15 is 4.79 Å². The van der Waals surface area contributed by atoms with Crippen molar-refractivity contribution in [3.8, 4) is 0 Å². The molecular weight excluding hydrogens is 1190 g/mol. The molecule has 0 saturated heterocycles. The van der Waals surface area contributed by atoms with Crippen LogP contribution in [0.25, 0.3) is 0 Å². The summed E-state index contributed by atoms with van der Waals surface area (Å²) in [6.45, 7) is 18.6. The number of nitrogens with zero attached hydrogens (tertiary/aromatic N) is 4. The Morgan fingerprint density at radius 3 is 2.10 bits per heavy atom. The standard InChI is InChI=1S/C67H96N8O15S/c1-13-44(5)54(37-58(80)67(9,10)73(11)12)66(87)75(56(42(2)3)38-57(90-47(8)78)65-72-55(40-91-65)64(86)71-52(34-45(6)89-41-77)35-48-20-18-43(4)19-21-48)39-49-22-24-51(25-23-49)70-62(84)46(7)69-63(85)50(16-14-29-68-59(81)28-32-88-33-31-76)36-53(79)17-15-30-74-60(82)26-27-61(74)83/h18-27,40-42,44-46,50,52,54,56-57,76H,13-17,28-39H2,1-12H3,(H,68,81)(H,69,85)(H,70,84)(H,71,86)/t44?,45?,46?,50?,52-,54+,56-,57-/m1/s1. The average molecular weight is 1290 g/mol. The van der Waals surface area contributed by atoms with E-state index in [9.17, 15) is 47.9 Å². The third-order valence-electron chi connectivity index (χ3n) is 16.6. The van der Waals surface area contributed by atoms with Crippen molar-refractivity contribution in [1.82, 2.24) is 35.6 Å². The van der Waals surface area contributed by atoms with Gasteiger partial charge in [0.2, 0.25) is 23.6 Å². The number of amides is 7. The quantitative estimate of drug-likeness (QED) is 0.0169. The monoisotopic (exact) mass is 1280 g/mol. The van der Waals surface area contributed by atoms with E-state index in [1.165, 1.54) is 13.8 Å². The second kappa shape index (κ2) is 37.7. The van der Waals surface area contributed by atoms with Crippen LogP contribution < -0.4 is 21.3 Å². The Kier molecular flexibility index (Phi) is 31.5. The van der Waals surface area contributed by atoms with Crippen LogP contribution in [-0.4, -0.2) is 167 Å². The number of benzene rings is 2. The Hall–Kier alpha value is -7.54.